The SMILES string of the molecule is CN=C(NCC(C(=O)N1CCOCC1)c1ccccc1)N1CCc2ccccc2C1.I. The van der Waals surface area contributed by atoms with Gasteiger partial charge in [-0.15, -0.1) is 24.0 Å². The lowest BCUT2D eigenvalue weighted by atomic mass is 9.97. The number of amides is 1. The monoisotopic (exact) mass is 534 g/mol. The van der Waals surface area contributed by atoms with Crippen LogP contribution in [0.4, 0.5) is 0 Å². The fourth-order valence-corrected chi connectivity index (χ4v) is 4.24. The van der Waals surface area contributed by atoms with Gasteiger partial charge in [0.05, 0.1) is 19.1 Å². The number of aliphatic imine (C=N–C) groups is 1. The Kier molecular flexibility index (Phi) is 8.71. The van der Waals surface area contributed by atoms with Gasteiger partial charge in [0.1, 0.15) is 0 Å². The number of nitrogens with zero attached hydrogens (tertiary/aromatic N) is 3. The Morgan fingerprint density at radius 3 is 2.39 bits per heavy atom. The molecule has 166 valence electrons. The summed E-state index contributed by atoms with van der Waals surface area (Å²) in [6, 6.07) is 18.6. The molecule has 0 spiro atoms. The largest absolute Gasteiger partial charge is 0.378 e. The molecule has 4 rings (SSSR count). The van der Waals surface area contributed by atoms with Gasteiger partial charge < -0.3 is 19.9 Å². The topological polar surface area (TPSA) is 57.2 Å². The fraction of sp³-hybridized carbons (Fsp3) is 0.417. The van der Waals surface area contributed by atoms with Crippen LogP contribution in [0.25, 0.3) is 0 Å². The molecule has 7 heteroatoms. The van der Waals surface area contributed by atoms with E-state index in [0.29, 0.717) is 32.8 Å². The van der Waals surface area contributed by atoms with Gasteiger partial charge >= 0.3 is 0 Å². The van der Waals surface area contributed by atoms with E-state index in [0.717, 1.165) is 31.0 Å². The predicted molar refractivity (Wildman–Crippen MR) is 134 cm³/mol. The van der Waals surface area contributed by atoms with Crippen LogP contribution in [0.3, 0.4) is 0 Å². The molecule has 1 atom stereocenters. The maximum Gasteiger partial charge on any atom is 0.232 e. The summed E-state index contributed by atoms with van der Waals surface area (Å²) in [5, 5.41) is 3.49. The highest BCUT2D eigenvalue weighted by atomic mass is 127. The van der Waals surface area contributed by atoms with Gasteiger partial charge in [-0.3, -0.25) is 9.79 Å². The van der Waals surface area contributed by atoms with Crippen LogP contribution in [-0.2, 0) is 22.5 Å². The van der Waals surface area contributed by atoms with Crippen molar-refractivity contribution in [2.45, 2.75) is 18.9 Å². The van der Waals surface area contributed by atoms with Crippen LogP contribution in [0.5, 0.6) is 0 Å². The molecule has 0 aromatic heterocycles. The summed E-state index contributed by atoms with van der Waals surface area (Å²) >= 11 is 0. The molecule has 0 aliphatic carbocycles. The molecular weight excluding hydrogens is 503 g/mol. The first-order valence-electron chi connectivity index (χ1n) is 10.7. The fourth-order valence-electron chi connectivity index (χ4n) is 4.24. The van der Waals surface area contributed by atoms with E-state index < -0.39 is 0 Å². The minimum atomic E-state index is -0.252. The summed E-state index contributed by atoms with van der Waals surface area (Å²) in [5.41, 5.74) is 3.78. The van der Waals surface area contributed by atoms with Crippen LogP contribution in [-0.4, -0.2) is 68.1 Å². The van der Waals surface area contributed by atoms with Crippen LogP contribution in [0.1, 0.15) is 22.6 Å². The summed E-state index contributed by atoms with van der Waals surface area (Å²) in [5.74, 6) is 0.745. The first-order chi connectivity index (χ1) is 14.8. The van der Waals surface area contributed by atoms with Gasteiger partial charge in [-0.05, 0) is 23.1 Å². The highest BCUT2D eigenvalue weighted by molar-refractivity contribution is 14.0. The number of hydrogen-bond donors (Lipinski definition) is 1. The van der Waals surface area contributed by atoms with Crippen LogP contribution >= 0.6 is 24.0 Å². The van der Waals surface area contributed by atoms with E-state index in [-0.39, 0.29) is 35.8 Å². The lowest BCUT2D eigenvalue weighted by molar-refractivity contribution is -0.136. The molecular formula is C24H31IN4O2. The second-order valence-corrected chi connectivity index (χ2v) is 7.77. The molecule has 31 heavy (non-hydrogen) atoms. The Morgan fingerprint density at radius 2 is 1.68 bits per heavy atom. The normalized spacial score (nSPS) is 17.4. The van der Waals surface area contributed by atoms with Gasteiger partial charge in [0.25, 0.3) is 0 Å². The quantitative estimate of drug-likeness (QED) is 0.373. The molecule has 0 bridgehead atoms. The third kappa shape index (κ3) is 5.77. The molecule has 1 unspecified atom stereocenters. The molecule has 6 nitrogen and oxygen atoms in total. The maximum absolute atomic E-state index is 13.3. The number of hydrogen-bond acceptors (Lipinski definition) is 3. The average molecular weight is 534 g/mol. The van der Waals surface area contributed by atoms with Crippen molar-refractivity contribution in [2.24, 2.45) is 4.99 Å². The number of morpholine rings is 1. The van der Waals surface area contributed by atoms with Gasteiger partial charge in [-0.25, -0.2) is 0 Å². The lowest BCUT2D eigenvalue weighted by Crippen LogP contribution is -2.48. The molecule has 0 radical (unpaired) electrons. The molecule has 1 amide bonds. The highest BCUT2D eigenvalue weighted by Gasteiger charge is 2.28. The summed E-state index contributed by atoms with van der Waals surface area (Å²) < 4.78 is 5.42. The number of carbonyl (C=O) groups is 1. The van der Waals surface area contributed by atoms with E-state index in [9.17, 15) is 4.79 Å². The van der Waals surface area contributed by atoms with Crippen LogP contribution in [0.2, 0.25) is 0 Å². The summed E-state index contributed by atoms with van der Waals surface area (Å²) in [4.78, 5) is 22.0. The van der Waals surface area contributed by atoms with Crippen LogP contribution < -0.4 is 5.32 Å². The van der Waals surface area contributed by atoms with Crippen molar-refractivity contribution < 1.29 is 9.53 Å². The van der Waals surface area contributed by atoms with Gasteiger partial charge in [-0.1, -0.05) is 54.6 Å². The molecule has 1 N–H and O–H groups in total. The number of fused-ring (bicyclic) bond motifs is 1. The zero-order chi connectivity index (χ0) is 20.8. The summed E-state index contributed by atoms with van der Waals surface area (Å²) in [7, 11) is 1.81. The Morgan fingerprint density at radius 1 is 1.00 bits per heavy atom. The smallest absolute Gasteiger partial charge is 0.232 e. The number of rotatable bonds is 4. The van der Waals surface area contributed by atoms with Gasteiger partial charge in [-0.2, -0.15) is 0 Å². The van der Waals surface area contributed by atoms with E-state index in [1.807, 2.05) is 42.3 Å². The highest BCUT2D eigenvalue weighted by Crippen LogP contribution is 2.21. The zero-order valence-corrected chi connectivity index (χ0v) is 20.3. The molecule has 0 saturated carbocycles. The molecule has 2 aliphatic rings. The standard InChI is InChI=1S/C24H30N4O2.HI/c1-25-24(28-12-11-19-7-5-6-10-21(19)18-28)26-17-22(20-8-3-2-4-9-20)23(29)27-13-15-30-16-14-27;/h2-10,22H,11-18H2,1H3,(H,25,26);1H. The number of carbonyl (C=O) groups excluding carboxylic acids is 1. The van der Waals surface area contributed by atoms with Crippen molar-refractivity contribution in [3.05, 3.63) is 71.3 Å². The van der Waals surface area contributed by atoms with E-state index in [1.54, 1.807) is 0 Å². The van der Waals surface area contributed by atoms with E-state index >= 15 is 0 Å². The molecule has 2 aliphatic heterocycles. The minimum Gasteiger partial charge on any atom is -0.378 e. The predicted octanol–water partition coefficient (Wildman–Crippen LogP) is 2.88. The van der Waals surface area contributed by atoms with Gasteiger partial charge in [0, 0.05) is 39.8 Å². The van der Waals surface area contributed by atoms with Crippen molar-refractivity contribution in [1.82, 2.24) is 15.1 Å². The van der Waals surface area contributed by atoms with Crippen molar-refractivity contribution in [1.29, 1.82) is 0 Å². The number of halogens is 1. The van der Waals surface area contributed by atoms with E-state index in [2.05, 4.69) is 39.5 Å². The third-order valence-corrected chi connectivity index (χ3v) is 5.93. The summed E-state index contributed by atoms with van der Waals surface area (Å²) in [6.45, 7) is 4.79. The van der Waals surface area contributed by atoms with Crippen molar-refractivity contribution in [2.75, 3.05) is 46.4 Å². The van der Waals surface area contributed by atoms with E-state index in [1.165, 1.54) is 11.1 Å². The number of nitrogens with one attached hydrogen (secondary N) is 1. The molecule has 1 saturated heterocycles. The number of ether oxygens (including phenoxy) is 1. The first kappa shape index (κ1) is 23.5. The van der Waals surface area contributed by atoms with Crippen molar-refractivity contribution >= 4 is 35.8 Å². The number of guanidine groups is 1. The van der Waals surface area contributed by atoms with E-state index in [4.69, 9.17) is 4.74 Å². The Hall–Kier alpha value is -2.13. The van der Waals surface area contributed by atoms with Gasteiger partial charge in [0.2, 0.25) is 5.91 Å². The first-order valence-corrected chi connectivity index (χ1v) is 10.7. The second-order valence-electron chi connectivity index (χ2n) is 7.77. The Labute approximate surface area is 201 Å². The minimum absolute atomic E-state index is 0. The molecule has 2 heterocycles. The van der Waals surface area contributed by atoms with Crippen LogP contribution in [0.15, 0.2) is 59.6 Å². The van der Waals surface area contributed by atoms with Gasteiger partial charge in [0.15, 0.2) is 5.96 Å². The third-order valence-electron chi connectivity index (χ3n) is 5.93. The summed E-state index contributed by atoms with van der Waals surface area (Å²) in [6.07, 6.45) is 1.01. The van der Waals surface area contributed by atoms with Crippen molar-refractivity contribution in [3.8, 4) is 0 Å². The molecule has 2 aromatic carbocycles. The lowest BCUT2D eigenvalue weighted by Gasteiger charge is -2.34. The zero-order valence-electron chi connectivity index (χ0n) is 18.0. The second kappa shape index (κ2) is 11.5. The molecule has 1 fully saturated rings. The average Bonchev–Trinajstić information content (AvgIpc) is 2.82. The maximum atomic E-state index is 13.3. The molecule has 2 aromatic rings. The van der Waals surface area contributed by atoms with Crippen LogP contribution in [0, 0.1) is 0 Å². The van der Waals surface area contributed by atoms with Crippen molar-refractivity contribution in [3.63, 3.8) is 0 Å². The Bertz CT molecular complexity index is 884. The number of benzene rings is 2. The Balaban J connectivity index is 0.00000272.